The molecule has 1 aromatic carbocycles. The molecular weight excluding hydrogens is 416 g/mol. The van der Waals surface area contributed by atoms with Crippen LogP contribution >= 0.6 is 0 Å². The number of aromatic nitrogens is 1. The van der Waals surface area contributed by atoms with E-state index in [2.05, 4.69) is 43.8 Å². The number of para-hydroxylation sites is 1. The summed E-state index contributed by atoms with van der Waals surface area (Å²) in [6.07, 6.45) is 0.696. The molecule has 3 rings (SSSR count). The molecule has 0 aliphatic carbocycles. The third-order valence-corrected chi connectivity index (χ3v) is 7.13. The first-order valence-corrected chi connectivity index (χ1v) is 12.2. The number of esters is 1. The first-order chi connectivity index (χ1) is 14.8. The molecule has 2 heterocycles. The van der Waals surface area contributed by atoms with E-state index in [1.54, 1.807) is 20.8 Å². The highest BCUT2D eigenvalue weighted by Gasteiger charge is 2.29. The summed E-state index contributed by atoms with van der Waals surface area (Å²) in [5, 5.41) is 0. The summed E-state index contributed by atoms with van der Waals surface area (Å²) in [4.78, 5) is 19.9. The Hall–Kier alpha value is -2.36. The molecule has 31 heavy (non-hydrogen) atoms. The van der Waals surface area contributed by atoms with Crippen LogP contribution < -0.4 is 9.62 Å². The van der Waals surface area contributed by atoms with E-state index in [0.29, 0.717) is 24.4 Å². The van der Waals surface area contributed by atoms with E-state index in [4.69, 9.17) is 4.74 Å². The van der Waals surface area contributed by atoms with Crippen molar-refractivity contribution in [1.82, 2.24) is 14.6 Å². The number of benzene rings is 1. The smallest absolute Gasteiger partial charge is 0.341 e. The van der Waals surface area contributed by atoms with Crippen LogP contribution in [0.25, 0.3) is 0 Å². The Morgan fingerprint density at radius 1 is 1.10 bits per heavy atom. The number of nitrogens with zero attached hydrogens (tertiary/aromatic N) is 2. The molecule has 0 atom stereocenters. The van der Waals surface area contributed by atoms with E-state index in [-0.39, 0.29) is 17.1 Å². The summed E-state index contributed by atoms with van der Waals surface area (Å²) < 4.78 is 33.5. The Balaban J connectivity index is 1.51. The minimum atomic E-state index is -3.82. The monoisotopic (exact) mass is 448 g/mol. The van der Waals surface area contributed by atoms with Crippen LogP contribution in [-0.4, -0.2) is 70.1 Å². The van der Waals surface area contributed by atoms with Crippen molar-refractivity contribution in [2.45, 2.75) is 32.1 Å². The molecule has 170 valence electrons. The number of nitrogens with one attached hydrogen (secondary N) is 2. The highest BCUT2D eigenvalue weighted by Crippen LogP contribution is 2.24. The van der Waals surface area contributed by atoms with Crippen LogP contribution in [0.5, 0.6) is 0 Å². The molecule has 1 fully saturated rings. The van der Waals surface area contributed by atoms with Gasteiger partial charge >= 0.3 is 5.97 Å². The Bertz CT molecular complexity index is 980. The molecule has 9 heteroatoms. The van der Waals surface area contributed by atoms with Crippen LogP contribution in [0.1, 0.15) is 35.1 Å². The van der Waals surface area contributed by atoms with Gasteiger partial charge < -0.3 is 14.6 Å². The van der Waals surface area contributed by atoms with E-state index in [1.165, 1.54) is 5.69 Å². The van der Waals surface area contributed by atoms with Crippen molar-refractivity contribution in [2.75, 3.05) is 50.8 Å². The predicted octanol–water partition coefficient (Wildman–Crippen LogP) is 2.30. The first kappa shape index (κ1) is 23.3. The van der Waals surface area contributed by atoms with Gasteiger partial charge in [-0.1, -0.05) is 18.2 Å². The van der Waals surface area contributed by atoms with Gasteiger partial charge in [-0.05, 0) is 45.9 Å². The maximum Gasteiger partial charge on any atom is 0.341 e. The summed E-state index contributed by atoms with van der Waals surface area (Å²) in [5.41, 5.74) is 2.26. The van der Waals surface area contributed by atoms with Crippen molar-refractivity contribution < 1.29 is 17.9 Å². The van der Waals surface area contributed by atoms with Gasteiger partial charge in [0.05, 0.1) is 6.61 Å². The highest BCUT2D eigenvalue weighted by atomic mass is 32.2. The average Bonchev–Trinajstić information content (AvgIpc) is 3.07. The molecular formula is C22H32N4O4S. The number of carbonyl (C=O) groups is 1. The van der Waals surface area contributed by atoms with Gasteiger partial charge in [0.1, 0.15) is 10.5 Å². The van der Waals surface area contributed by atoms with Crippen LogP contribution in [0, 0.1) is 13.8 Å². The van der Waals surface area contributed by atoms with Crippen LogP contribution in [0.2, 0.25) is 0 Å². The minimum absolute atomic E-state index is 0.0140. The van der Waals surface area contributed by atoms with Crippen LogP contribution in [0.15, 0.2) is 35.2 Å². The van der Waals surface area contributed by atoms with Crippen molar-refractivity contribution >= 4 is 21.7 Å². The van der Waals surface area contributed by atoms with Crippen molar-refractivity contribution in [3.8, 4) is 0 Å². The molecule has 0 saturated carbocycles. The fraction of sp³-hybridized carbons (Fsp3) is 0.500. The lowest BCUT2D eigenvalue weighted by Gasteiger charge is -2.36. The molecule has 1 aromatic heterocycles. The Morgan fingerprint density at radius 2 is 1.77 bits per heavy atom. The molecule has 1 aliphatic heterocycles. The number of piperazine rings is 1. The van der Waals surface area contributed by atoms with Crippen molar-refractivity contribution in [3.63, 3.8) is 0 Å². The number of sulfonamides is 1. The Labute approximate surface area is 184 Å². The van der Waals surface area contributed by atoms with Gasteiger partial charge in [0, 0.05) is 49.8 Å². The number of aryl methyl sites for hydroxylation is 2. The zero-order valence-corrected chi connectivity index (χ0v) is 19.3. The zero-order valence-electron chi connectivity index (χ0n) is 18.5. The van der Waals surface area contributed by atoms with Crippen molar-refractivity contribution in [1.29, 1.82) is 0 Å². The number of H-pyrrole nitrogens is 1. The lowest BCUT2D eigenvalue weighted by atomic mass is 10.2. The SMILES string of the molecule is CCOC(=O)c1c(C)[nH]c(C)c1S(=O)(=O)NCCCN1CCN(c2ccccc2)CC1. The zero-order chi connectivity index (χ0) is 22.4. The highest BCUT2D eigenvalue weighted by molar-refractivity contribution is 7.89. The van der Waals surface area contributed by atoms with Gasteiger partial charge in [-0.25, -0.2) is 17.9 Å². The van der Waals surface area contributed by atoms with E-state index in [9.17, 15) is 13.2 Å². The van der Waals surface area contributed by atoms with Crippen LogP contribution in [-0.2, 0) is 14.8 Å². The Kier molecular flexibility index (Phi) is 7.74. The molecule has 0 amide bonds. The minimum Gasteiger partial charge on any atom is -0.462 e. The van der Waals surface area contributed by atoms with E-state index in [0.717, 1.165) is 32.7 Å². The predicted molar refractivity (Wildman–Crippen MR) is 121 cm³/mol. The summed E-state index contributed by atoms with van der Waals surface area (Å²) in [6.45, 7) is 10.2. The second kappa shape index (κ2) is 10.3. The number of rotatable bonds is 9. The summed E-state index contributed by atoms with van der Waals surface area (Å²) >= 11 is 0. The second-order valence-corrected chi connectivity index (χ2v) is 9.42. The molecule has 1 aliphatic rings. The first-order valence-electron chi connectivity index (χ1n) is 10.7. The fourth-order valence-electron chi connectivity index (χ4n) is 3.99. The lowest BCUT2D eigenvalue weighted by molar-refractivity contribution is 0.0521. The van der Waals surface area contributed by atoms with E-state index < -0.39 is 16.0 Å². The topological polar surface area (TPSA) is 94.7 Å². The molecule has 0 unspecified atom stereocenters. The molecule has 8 nitrogen and oxygen atoms in total. The third-order valence-electron chi connectivity index (χ3n) is 5.50. The number of hydrogen-bond acceptors (Lipinski definition) is 6. The third kappa shape index (κ3) is 5.66. The second-order valence-electron chi connectivity index (χ2n) is 7.72. The fourth-order valence-corrected chi connectivity index (χ4v) is 5.51. The van der Waals surface area contributed by atoms with Crippen LogP contribution in [0.3, 0.4) is 0 Å². The largest absolute Gasteiger partial charge is 0.462 e. The number of carbonyl (C=O) groups excluding carboxylic acids is 1. The Morgan fingerprint density at radius 3 is 2.42 bits per heavy atom. The van der Waals surface area contributed by atoms with Crippen LogP contribution in [0.4, 0.5) is 5.69 Å². The maximum absolute atomic E-state index is 12.9. The van der Waals surface area contributed by atoms with Gasteiger partial charge in [-0.15, -0.1) is 0 Å². The quantitative estimate of drug-likeness (QED) is 0.452. The lowest BCUT2D eigenvalue weighted by Crippen LogP contribution is -2.47. The molecule has 2 N–H and O–H groups in total. The van der Waals surface area contributed by atoms with E-state index >= 15 is 0 Å². The summed E-state index contributed by atoms with van der Waals surface area (Å²) in [6, 6.07) is 10.4. The molecule has 0 radical (unpaired) electrons. The number of hydrogen-bond donors (Lipinski definition) is 2. The maximum atomic E-state index is 12.9. The number of ether oxygens (including phenoxy) is 1. The van der Waals surface area contributed by atoms with Gasteiger partial charge in [0.15, 0.2) is 0 Å². The van der Waals surface area contributed by atoms with Gasteiger partial charge in [-0.2, -0.15) is 0 Å². The van der Waals surface area contributed by atoms with Gasteiger partial charge in [0.2, 0.25) is 10.0 Å². The van der Waals surface area contributed by atoms with Gasteiger partial charge in [-0.3, -0.25) is 4.90 Å². The molecule has 0 spiro atoms. The van der Waals surface area contributed by atoms with Gasteiger partial charge in [0.25, 0.3) is 0 Å². The summed E-state index contributed by atoms with van der Waals surface area (Å²) in [7, 11) is -3.82. The van der Waals surface area contributed by atoms with Crippen molar-refractivity contribution in [3.05, 3.63) is 47.3 Å². The van der Waals surface area contributed by atoms with E-state index in [1.807, 2.05) is 6.07 Å². The standard InChI is InChI=1S/C22H32N4O4S/c1-4-30-22(27)20-17(2)24-18(3)21(20)31(28,29)23-11-8-12-25-13-15-26(16-14-25)19-9-6-5-7-10-19/h5-7,9-10,23-24H,4,8,11-16H2,1-3H3. The summed E-state index contributed by atoms with van der Waals surface area (Å²) in [5.74, 6) is -0.624. The number of aromatic amines is 1. The normalized spacial score (nSPS) is 15.3. The number of anilines is 1. The molecule has 2 aromatic rings. The average molecular weight is 449 g/mol. The molecule has 1 saturated heterocycles. The van der Waals surface area contributed by atoms with Crippen molar-refractivity contribution in [2.24, 2.45) is 0 Å². The molecule has 0 bridgehead atoms.